The SMILES string of the molecule is C=CCC(=O)NCC(=O)N1CCNCC1. The highest BCUT2D eigenvalue weighted by Crippen LogP contribution is 1.92. The van der Waals surface area contributed by atoms with Gasteiger partial charge in [-0.1, -0.05) is 6.08 Å². The zero-order valence-electron chi connectivity index (χ0n) is 8.79. The number of hydrogen-bond donors (Lipinski definition) is 2. The van der Waals surface area contributed by atoms with Gasteiger partial charge in [-0.3, -0.25) is 9.59 Å². The average Bonchev–Trinajstić information content (AvgIpc) is 2.27. The second kappa shape index (κ2) is 6.19. The lowest BCUT2D eigenvalue weighted by molar-refractivity contribution is -0.133. The molecule has 0 bridgehead atoms. The third-order valence-electron chi connectivity index (χ3n) is 2.24. The Kier molecular flexibility index (Phi) is 4.83. The molecule has 0 aliphatic carbocycles. The maximum absolute atomic E-state index is 11.6. The van der Waals surface area contributed by atoms with Gasteiger partial charge in [0.2, 0.25) is 11.8 Å². The molecule has 1 heterocycles. The van der Waals surface area contributed by atoms with E-state index in [1.54, 1.807) is 4.90 Å². The summed E-state index contributed by atoms with van der Waals surface area (Å²) in [6.07, 6.45) is 1.78. The van der Waals surface area contributed by atoms with Crippen molar-refractivity contribution in [3.63, 3.8) is 0 Å². The Hall–Kier alpha value is -1.36. The highest BCUT2D eigenvalue weighted by molar-refractivity contribution is 5.85. The Morgan fingerprint density at radius 1 is 1.40 bits per heavy atom. The minimum absolute atomic E-state index is 0.0195. The van der Waals surface area contributed by atoms with Crippen LogP contribution in [-0.4, -0.2) is 49.4 Å². The molecule has 15 heavy (non-hydrogen) atoms. The fourth-order valence-electron chi connectivity index (χ4n) is 1.40. The van der Waals surface area contributed by atoms with Crippen molar-refractivity contribution in [3.05, 3.63) is 12.7 Å². The summed E-state index contributed by atoms with van der Waals surface area (Å²) in [6.45, 7) is 6.63. The predicted octanol–water partition coefficient (Wildman–Crippen LogP) is -0.889. The highest BCUT2D eigenvalue weighted by atomic mass is 16.2. The number of piperazine rings is 1. The van der Waals surface area contributed by atoms with Gasteiger partial charge in [0.25, 0.3) is 0 Å². The second-order valence-corrected chi connectivity index (χ2v) is 3.40. The van der Waals surface area contributed by atoms with Gasteiger partial charge >= 0.3 is 0 Å². The van der Waals surface area contributed by atoms with E-state index in [2.05, 4.69) is 17.2 Å². The molecule has 1 fully saturated rings. The molecule has 0 atom stereocenters. The topological polar surface area (TPSA) is 61.4 Å². The molecule has 0 unspecified atom stereocenters. The molecule has 0 aromatic heterocycles. The maximum Gasteiger partial charge on any atom is 0.242 e. The van der Waals surface area contributed by atoms with Crippen molar-refractivity contribution >= 4 is 11.8 Å². The summed E-state index contributed by atoms with van der Waals surface area (Å²) in [5, 5.41) is 5.72. The minimum atomic E-state index is -0.159. The van der Waals surface area contributed by atoms with Crippen LogP contribution in [0.5, 0.6) is 0 Å². The molecule has 1 aliphatic rings. The summed E-state index contributed by atoms with van der Waals surface area (Å²) in [5.74, 6) is -0.178. The molecule has 0 aromatic rings. The Morgan fingerprint density at radius 2 is 2.07 bits per heavy atom. The Labute approximate surface area is 89.5 Å². The summed E-state index contributed by atoms with van der Waals surface area (Å²) >= 11 is 0. The third kappa shape index (κ3) is 4.12. The number of carbonyl (C=O) groups excluding carboxylic acids is 2. The zero-order chi connectivity index (χ0) is 11.1. The average molecular weight is 211 g/mol. The van der Waals surface area contributed by atoms with Crippen LogP contribution in [0.1, 0.15) is 6.42 Å². The number of nitrogens with zero attached hydrogens (tertiary/aromatic N) is 1. The van der Waals surface area contributed by atoms with E-state index in [0.29, 0.717) is 0 Å². The van der Waals surface area contributed by atoms with E-state index < -0.39 is 0 Å². The first-order valence-electron chi connectivity index (χ1n) is 5.10. The first-order chi connectivity index (χ1) is 7.24. The van der Waals surface area contributed by atoms with Crippen LogP contribution in [-0.2, 0) is 9.59 Å². The van der Waals surface area contributed by atoms with Crippen molar-refractivity contribution < 1.29 is 9.59 Å². The molecule has 2 amide bonds. The lowest BCUT2D eigenvalue weighted by Crippen LogP contribution is -2.49. The largest absolute Gasteiger partial charge is 0.347 e. The summed E-state index contributed by atoms with van der Waals surface area (Å²) < 4.78 is 0. The summed E-state index contributed by atoms with van der Waals surface area (Å²) in [6, 6.07) is 0. The van der Waals surface area contributed by atoms with Crippen molar-refractivity contribution in [1.29, 1.82) is 0 Å². The minimum Gasteiger partial charge on any atom is -0.347 e. The molecule has 1 saturated heterocycles. The quantitative estimate of drug-likeness (QED) is 0.593. The number of nitrogens with one attached hydrogen (secondary N) is 2. The molecule has 1 rings (SSSR count). The van der Waals surface area contributed by atoms with Crippen LogP contribution in [0.2, 0.25) is 0 Å². The van der Waals surface area contributed by atoms with Gasteiger partial charge in [0.1, 0.15) is 0 Å². The van der Waals surface area contributed by atoms with Gasteiger partial charge in [0.15, 0.2) is 0 Å². The Morgan fingerprint density at radius 3 is 2.67 bits per heavy atom. The van der Waals surface area contributed by atoms with Crippen molar-refractivity contribution in [2.45, 2.75) is 6.42 Å². The normalized spacial score (nSPS) is 15.9. The monoisotopic (exact) mass is 211 g/mol. The molecule has 0 radical (unpaired) electrons. The van der Waals surface area contributed by atoms with Gasteiger partial charge in [-0.25, -0.2) is 0 Å². The van der Waals surface area contributed by atoms with E-state index in [0.717, 1.165) is 26.2 Å². The molecule has 84 valence electrons. The van der Waals surface area contributed by atoms with Crippen LogP contribution in [0.25, 0.3) is 0 Å². The first kappa shape index (κ1) is 11.7. The zero-order valence-corrected chi connectivity index (χ0v) is 8.79. The molecule has 5 heteroatoms. The maximum atomic E-state index is 11.6. The van der Waals surface area contributed by atoms with Gasteiger partial charge in [-0.2, -0.15) is 0 Å². The third-order valence-corrected chi connectivity index (χ3v) is 2.24. The first-order valence-corrected chi connectivity index (χ1v) is 5.10. The van der Waals surface area contributed by atoms with Crippen LogP contribution in [0.15, 0.2) is 12.7 Å². The molecular weight excluding hydrogens is 194 g/mol. The fourth-order valence-corrected chi connectivity index (χ4v) is 1.40. The molecule has 5 nitrogen and oxygen atoms in total. The van der Waals surface area contributed by atoms with Crippen molar-refractivity contribution in [2.75, 3.05) is 32.7 Å². The van der Waals surface area contributed by atoms with Gasteiger partial charge < -0.3 is 15.5 Å². The van der Waals surface area contributed by atoms with E-state index in [-0.39, 0.29) is 24.8 Å². The van der Waals surface area contributed by atoms with Gasteiger partial charge in [0, 0.05) is 32.6 Å². The fraction of sp³-hybridized carbons (Fsp3) is 0.600. The van der Waals surface area contributed by atoms with Crippen molar-refractivity contribution in [2.24, 2.45) is 0 Å². The lowest BCUT2D eigenvalue weighted by atomic mass is 10.3. The lowest BCUT2D eigenvalue weighted by Gasteiger charge is -2.27. The molecule has 1 aliphatic heterocycles. The molecule has 0 aromatic carbocycles. The van der Waals surface area contributed by atoms with Gasteiger partial charge in [-0.05, 0) is 0 Å². The van der Waals surface area contributed by atoms with E-state index in [4.69, 9.17) is 0 Å². The standard InChI is InChI=1S/C10H17N3O2/c1-2-3-9(14)12-8-10(15)13-6-4-11-5-7-13/h2,11H,1,3-8H2,(H,12,14). The number of rotatable bonds is 4. The Balaban J connectivity index is 2.22. The van der Waals surface area contributed by atoms with Crippen LogP contribution >= 0.6 is 0 Å². The van der Waals surface area contributed by atoms with E-state index in [9.17, 15) is 9.59 Å². The summed E-state index contributed by atoms with van der Waals surface area (Å²) in [7, 11) is 0. The van der Waals surface area contributed by atoms with Crippen LogP contribution < -0.4 is 10.6 Å². The summed E-state index contributed by atoms with van der Waals surface area (Å²) in [5.41, 5.74) is 0. The van der Waals surface area contributed by atoms with Crippen molar-refractivity contribution in [3.8, 4) is 0 Å². The van der Waals surface area contributed by atoms with Gasteiger partial charge in [-0.15, -0.1) is 6.58 Å². The van der Waals surface area contributed by atoms with Crippen LogP contribution in [0.3, 0.4) is 0 Å². The number of carbonyl (C=O) groups is 2. The smallest absolute Gasteiger partial charge is 0.242 e. The predicted molar refractivity (Wildman–Crippen MR) is 57.3 cm³/mol. The molecule has 0 spiro atoms. The highest BCUT2D eigenvalue weighted by Gasteiger charge is 2.15. The molecule has 0 saturated carbocycles. The Bertz CT molecular complexity index is 247. The van der Waals surface area contributed by atoms with E-state index >= 15 is 0 Å². The summed E-state index contributed by atoms with van der Waals surface area (Å²) in [4.78, 5) is 24.4. The van der Waals surface area contributed by atoms with Crippen LogP contribution in [0, 0.1) is 0 Å². The molecular formula is C10H17N3O2. The van der Waals surface area contributed by atoms with E-state index in [1.165, 1.54) is 6.08 Å². The second-order valence-electron chi connectivity index (χ2n) is 3.40. The number of hydrogen-bond acceptors (Lipinski definition) is 3. The van der Waals surface area contributed by atoms with E-state index in [1.807, 2.05) is 0 Å². The van der Waals surface area contributed by atoms with Gasteiger partial charge in [0.05, 0.1) is 6.54 Å². The molecule has 2 N–H and O–H groups in total. The number of amides is 2. The van der Waals surface area contributed by atoms with Crippen LogP contribution in [0.4, 0.5) is 0 Å². The van der Waals surface area contributed by atoms with Crippen molar-refractivity contribution in [1.82, 2.24) is 15.5 Å².